The van der Waals surface area contributed by atoms with E-state index < -0.39 is 0 Å². The average Bonchev–Trinajstić information content (AvgIpc) is 3.15. The second-order valence-corrected chi connectivity index (χ2v) is 5.15. The van der Waals surface area contributed by atoms with Crippen molar-refractivity contribution >= 4 is 5.69 Å². The van der Waals surface area contributed by atoms with Gasteiger partial charge in [0.15, 0.2) is 0 Å². The molecule has 1 fully saturated rings. The molecule has 0 radical (unpaired) electrons. The molecule has 1 aliphatic carbocycles. The van der Waals surface area contributed by atoms with Crippen molar-refractivity contribution in [2.24, 2.45) is 0 Å². The minimum atomic E-state index is 0.851. The van der Waals surface area contributed by atoms with Crippen LogP contribution < -0.4 is 5.73 Å². The van der Waals surface area contributed by atoms with Crippen LogP contribution in [0.1, 0.15) is 44.6 Å². The van der Waals surface area contributed by atoms with Crippen molar-refractivity contribution in [1.82, 2.24) is 4.90 Å². The Morgan fingerprint density at radius 3 is 2.47 bits per heavy atom. The summed E-state index contributed by atoms with van der Waals surface area (Å²) >= 11 is 0. The van der Waals surface area contributed by atoms with Gasteiger partial charge in [-0.15, -0.1) is 0 Å². The zero-order valence-corrected chi connectivity index (χ0v) is 10.9. The van der Waals surface area contributed by atoms with Gasteiger partial charge in [-0.1, -0.05) is 31.9 Å². The summed E-state index contributed by atoms with van der Waals surface area (Å²) in [6, 6.07) is 9.18. The predicted molar refractivity (Wildman–Crippen MR) is 73.8 cm³/mol. The Morgan fingerprint density at radius 2 is 1.88 bits per heavy atom. The van der Waals surface area contributed by atoms with Gasteiger partial charge in [0, 0.05) is 18.3 Å². The Morgan fingerprint density at radius 1 is 1.18 bits per heavy atom. The zero-order chi connectivity index (χ0) is 12.1. The van der Waals surface area contributed by atoms with Crippen LogP contribution in [0.2, 0.25) is 0 Å². The Labute approximate surface area is 105 Å². The summed E-state index contributed by atoms with van der Waals surface area (Å²) in [6.45, 7) is 4.61. The molecule has 94 valence electrons. The molecule has 0 aliphatic heterocycles. The Kier molecular flexibility index (Phi) is 4.43. The lowest BCUT2D eigenvalue weighted by Gasteiger charge is -2.22. The van der Waals surface area contributed by atoms with Crippen LogP contribution in [0.25, 0.3) is 0 Å². The molecule has 2 rings (SSSR count). The zero-order valence-electron chi connectivity index (χ0n) is 10.9. The third-order valence-electron chi connectivity index (χ3n) is 3.48. The van der Waals surface area contributed by atoms with Crippen molar-refractivity contribution in [3.63, 3.8) is 0 Å². The van der Waals surface area contributed by atoms with E-state index in [0.29, 0.717) is 0 Å². The highest BCUT2D eigenvalue weighted by molar-refractivity contribution is 5.39. The quantitative estimate of drug-likeness (QED) is 0.576. The molecule has 0 unspecified atom stereocenters. The van der Waals surface area contributed by atoms with Crippen molar-refractivity contribution in [2.75, 3.05) is 12.3 Å². The summed E-state index contributed by atoms with van der Waals surface area (Å²) < 4.78 is 0. The van der Waals surface area contributed by atoms with Gasteiger partial charge in [0.2, 0.25) is 0 Å². The van der Waals surface area contributed by atoms with E-state index >= 15 is 0 Å². The number of nitrogens with two attached hydrogens (primary N) is 1. The van der Waals surface area contributed by atoms with Crippen LogP contribution in [-0.4, -0.2) is 17.5 Å². The van der Waals surface area contributed by atoms with Gasteiger partial charge in [-0.3, -0.25) is 4.90 Å². The van der Waals surface area contributed by atoms with E-state index in [4.69, 9.17) is 5.73 Å². The highest BCUT2D eigenvalue weighted by Crippen LogP contribution is 2.28. The second kappa shape index (κ2) is 6.06. The minimum absolute atomic E-state index is 0.851. The molecular formula is C15H24N2. The molecule has 0 saturated heterocycles. The Balaban J connectivity index is 1.86. The normalized spacial score (nSPS) is 15.4. The fraction of sp³-hybridized carbons (Fsp3) is 0.600. The molecule has 0 spiro atoms. The summed E-state index contributed by atoms with van der Waals surface area (Å²) in [5.41, 5.74) is 7.96. The van der Waals surface area contributed by atoms with Gasteiger partial charge < -0.3 is 5.73 Å². The summed E-state index contributed by atoms with van der Waals surface area (Å²) in [4.78, 5) is 2.64. The lowest BCUT2D eigenvalue weighted by molar-refractivity contribution is 0.249. The van der Waals surface area contributed by atoms with Crippen LogP contribution in [0, 0.1) is 0 Å². The van der Waals surface area contributed by atoms with Crippen molar-refractivity contribution in [2.45, 2.75) is 51.6 Å². The van der Waals surface area contributed by atoms with E-state index in [1.54, 1.807) is 0 Å². The highest BCUT2D eigenvalue weighted by Gasteiger charge is 2.28. The van der Waals surface area contributed by atoms with E-state index in [-0.39, 0.29) is 0 Å². The first-order valence-electron chi connectivity index (χ1n) is 6.88. The molecule has 1 saturated carbocycles. The molecule has 0 heterocycles. The van der Waals surface area contributed by atoms with E-state index in [1.807, 2.05) is 12.1 Å². The number of benzene rings is 1. The third kappa shape index (κ3) is 4.04. The smallest absolute Gasteiger partial charge is 0.0314 e. The van der Waals surface area contributed by atoms with E-state index in [1.165, 1.54) is 44.2 Å². The van der Waals surface area contributed by atoms with E-state index in [2.05, 4.69) is 24.0 Å². The van der Waals surface area contributed by atoms with Crippen LogP contribution in [-0.2, 0) is 6.54 Å². The molecule has 2 heteroatoms. The lowest BCUT2D eigenvalue weighted by Crippen LogP contribution is -2.26. The molecule has 0 bridgehead atoms. The average molecular weight is 232 g/mol. The molecule has 2 N–H and O–H groups in total. The topological polar surface area (TPSA) is 29.3 Å². The molecule has 1 aromatic rings. The lowest BCUT2D eigenvalue weighted by atomic mass is 10.1. The first-order chi connectivity index (χ1) is 8.29. The largest absolute Gasteiger partial charge is 0.399 e. The first kappa shape index (κ1) is 12.4. The molecule has 17 heavy (non-hydrogen) atoms. The second-order valence-electron chi connectivity index (χ2n) is 5.15. The molecule has 0 aromatic heterocycles. The van der Waals surface area contributed by atoms with Crippen LogP contribution in [0.15, 0.2) is 24.3 Å². The summed E-state index contributed by atoms with van der Waals surface area (Å²) in [5.74, 6) is 0. The highest BCUT2D eigenvalue weighted by atomic mass is 15.2. The molecular weight excluding hydrogens is 208 g/mol. The summed E-state index contributed by atoms with van der Waals surface area (Å²) in [5, 5.41) is 0. The van der Waals surface area contributed by atoms with E-state index in [9.17, 15) is 0 Å². The van der Waals surface area contributed by atoms with Gasteiger partial charge in [-0.25, -0.2) is 0 Å². The predicted octanol–water partition coefficient (Wildman–Crippen LogP) is 3.42. The van der Waals surface area contributed by atoms with Crippen molar-refractivity contribution in [3.05, 3.63) is 29.8 Å². The maximum Gasteiger partial charge on any atom is 0.0314 e. The van der Waals surface area contributed by atoms with Gasteiger partial charge in [0.05, 0.1) is 0 Å². The van der Waals surface area contributed by atoms with Gasteiger partial charge in [-0.05, 0) is 43.5 Å². The first-order valence-corrected chi connectivity index (χ1v) is 6.88. The Bertz CT molecular complexity index is 327. The minimum Gasteiger partial charge on any atom is -0.399 e. The fourth-order valence-electron chi connectivity index (χ4n) is 2.25. The number of nitrogens with zero attached hydrogens (tertiary/aromatic N) is 1. The van der Waals surface area contributed by atoms with Gasteiger partial charge in [0.25, 0.3) is 0 Å². The molecule has 0 atom stereocenters. The molecule has 0 amide bonds. The SMILES string of the molecule is CCCCCN(Cc1ccc(N)cc1)C1CC1. The van der Waals surface area contributed by atoms with Crippen LogP contribution in [0.3, 0.4) is 0 Å². The van der Waals surface area contributed by atoms with Crippen LogP contribution in [0.5, 0.6) is 0 Å². The molecule has 2 nitrogen and oxygen atoms in total. The summed E-state index contributed by atoms with van der Waals surface area (Å²) in [6.07, 6.45) is 6.77. The van der Waals surface area contributed by atoms with Crippen LogP contribution >= 0.6 is 0 Å². The van der Waals surface area contributed by atoms with Crippen LogP contribution in [0.4, 0.5) is 5.69 Å². The summed E-state index contributed by atoms with van der Waals surface area (Å²) in [7, 11) is 0. The number of unbranched alkanes of at least 4 members (excludes halogenated alkanes) is 2. The number of rotatable bonds is 7. The van der Waals surface area contributed by atoms with Gasteiger partial charge in [0.1, 0.15) is 0 Å². The van der Waals surface area contributed by atoms with Gasteiger partial charge in [-0.2, -0.15) is 0 Å². The standard InChI is InChI=1S/C15H24N2/c1-2-3-4-11-17(15-9-10-15)12-13-5-7-14(16)8-6-13/h5-8,15H,2-4,9-12,16H2,1H3. The third-order valence-corrected chi connectivity index (χ3v) is 3.48. The number of nitrogen functional groups attached to an aromatic ring is 1. The Hall–Kier alpha value is -1.02. The fourth-order valence-corrected chi connectivity index (χ4v) is 2.25. The number of anilines is 1. The van der Waals surface area contributed by atoms with Crippen molar-refractivity contribution < 1.29 is 0 Å². The maximum atomic E-state index is 5.71. The van der Waals surface area contributed by atoms with Crippen molar-refractivity contribution in [1.29, 1.82) is 0 Å². The number of hydrogen-bond donors (Lipinski definition) is 1. The number of hydrogen-bond acceptors (Lipinski definition) is 2. The van der Waals surface area contributed by atoms with E-state index in [0.717, 1.165) is 18.3 Å². The van der Waals surface area contributed by atoms with Gasteiger partial charge >= 0.3 is 0 Å². The monoisotopic (exact) mass is 232 g/mol. The molecule has 1 aliphatic rings. The van der Waals surface area contributed by atoms with Crippen molar-refractivity contribution in [3.8, 4) is 0 Å². The maximum absolute atomic E-state index is 5.71. The molecule has 1 aromatic carbocycles.